The van der Waals surface area contributed by atoms with E-state index >= 15 is 0 Å². The van der Waals surface area contributed by atoms with Crippen LogP contribution in [0.1, 0.15) is 54.2 Å². The molecule has 1 fully saturated rings. The van der Waals surface area contributed by atoms with Crippen molar-refractivity contribution >= 4 is 17.6 Å². The lowest BCUT2D eigenvalue weighted by Gasteiger charge is -2.22. The Labute approximate surface area is 244 Å². The van der Waals surface area contributed by atoms with Crippen molar-refractivity contribution in [1.29, 1.82) is 0 Å². The maximum Gasteiger partial charge on any atom is 0.490 e. The van der Waals surface area contributed by atoms with E-state index < -0.39 is 12.1 Å². The third-order valence-corrected chi connectivity index (χ3v) is 6.87. The molecule has 2 N–H and O–H groups in total. The van der Waals surface area contributed by atoms with Crippen molar-refractivity contribution in [2.45, 2.75) is 51.9 Å². The van der Waals surface area contributed by atoms with Crippen LogP contribution in [-0.4, -0.2) is 59.1 Å². The van der Waals surface area contributed by atoms with E-state index in [9.17, 15) is 22.4 Å². The summed E-state index contributed by atoms with van der Waals surface area (Å²) in [6, 6.07) is 22.8. The summed E-state index contributed by atoms with van der Waals surface area (Å²) >= 11 is 0. The van der Waals surface area contributed by atoms with Gasteiger partial charge in [-0.3, -0.25) is 14.6 Å². The van der Waals surface area contributed by atoms with Crippen molar-refractivity contribution in [1.82, 2.24) is 9.80 Å². The van der Waals surface area contributed by atoms with Crippen molar-refractivity contribution in [3.8, 4) is 0 Å². The van der Waals surface area contributed by atoms with Gasteiger partial charge < -0.3 is 10.4 Å². The van der Waals surface area contributed by atoms with Gasteiger partial charge in [-0.05, 0) is 78.0 Å². The fourth-order valence-corrected chi connectivity index (χ4v) is 4.47. The fourth-order valence-electron chi connectivity index (χ4n) is 4.47. The number of hydrogen-bond donors (Lipinski definition) is 2. The molecule has 4 rings (SSSR count). The molecule has 0 saturated carbocycles. The second-order valence-corrected chi connectivity index (χ2v) is 11.3. The third-order valence-electron chi connectivity index (χ3n) is 6.87. The van der Waals surface area contributed by atoms with E-state index in [4.69, 9.17) is 9.90 Å². The molecule has 3 aromatic rings. The first-order chi connectivity index (χ1) is 19.7. The van der Waals surface area contributed by atoms with Gasteiger partial charge in [0.2, 0.25) is 0 Å². The number of hydrogen-bond acceptors (Lipinski definition) is 4. The number of carbonyl (C=O) groups is 2. The van der Waals surface area contributed by atoms with E-state index in [1.807, 2.05) is 36.4 Å². The predicted molar refractivity (Wildman–Crippen MR) is 155 cm³/mol. The molecule has 0 atom stereocenters. The lowest BCUT2D eigenvalue weighted by atomic mass is 9.87. The number of rotatable bonds is 6. The minimum absolute atomic E-state index is 0.0899. The number of benzene rings is 3. The molecule has 10 heteroatoms. The number of alkyl halides is 3. The summed E-state index contributed by atoms with van der Waals surface area (Å²) < 4.78 is 44.9. The van der Waals surface area contributed by atoms with Gasteiger partial charge in [-0.15, -0.1) is 0 Å². The summed E-state index contributed by atoms with van der Waals surface area (Å²) in [7, 11) is 0. The molecule has 6 nitrogen and oxygen atoms in total. The normalized spacial score (nSPS) is 14.8. The molecule has 0 aliphatic carbocycles. The minimum atomic E-state index is -5.08. The van der Waals surface area contributed by atoms with Gasteiger partial charge in [0.15, 0.2) is 0 Å². The summed E-state index contributed by atoms with van der Waals surface area (Å²) in [5.41, 5.74) is 5.16. The molecule has 226 valence electrons. The van der Waals surface area contributed by atoms with Gasteiger partial charge in [0.05, 0.1) is 0 Å². The first-order valence-electron chi connectivity index (χ1n) is 13.7. The summed E-state index contributed by atoms with van der Waals surface area (Å²) in [5, 5.41) is 10.1. The van der Waals surface area contributed by atoms with Crippen molar-refractivity contribution in [3.05, 3.63) is 101 Å². The molecule has 0 radical (unpaired) electrons. The summed E-state index contributed by atoms with van der Waals surface area (Å²) in [6.07, 6.45) is -3.98. The Morgan fingerprint density at radius 3 is 1.64 bits per heavy atom. The summed E-state index contributed by atoms with van der Waals surface area (Å²) in [6.45, 7) is 12.3. The maximum absolute atomic E-state index is 13.2. The molecule has 1 aliphatic heterocycles. The standard InChI is InChI=1S/C30H36FN3O.C2HF3O2/c1-30(2,3)26-11-15-28(16-12-26)32-29(35)25-9-5-23(6-10-25)21-33-17-4-18-34(20-19-33)22-24-7-13-27(31)14-8-24;3-2(4,5)1(6)7/h5-16H,4,17-22H2,1-3H3,(H,32,35);(H,6,7). The zero-order valence-electron chi connectivity index (χ0n) is 24.0. The van der Waals surface area contributed by atoms with Crippen molar-refractivity contribution in [2.75, 3.05) is 31.5 Å². The van der Waals surface area contributed by atoms with E-state index in [1.165, 1.54) is 23.3 Å². The Kier molecular flexibility index (Phi) is 11.2. The van der Waals surface area contributed by atoms with Gasteiger partial charge >= 0.3 is 12.1 Å². The molecule has 1 amide bonds. The zero-order chi connectivity index (χ0) is 30.9. The van der Waals surface area contributed by atoms with Crippen LogP contribution in [0.15, 0.2) is 72.8 Å². The predicted octanol–water partition coefficient (Wildman–Crippen LogP) is 6.72. The third kappa shape index (κ3) is 10.6. The van der Waals surface area contributed by atoms with Crippen molar-refractivity contribution in [3.63, 3.8) is 0 Å². The second kappa shape index (κ2) is 14.4. The maximum atomic E-state index is 13.2. The highest BCUT2D eigenvalue weighted by molar-refractivity contribution is 6.04. The topological polar surface area (TPSA) is 72.9 Å². The van der Waals surface area contributed by atoms with Crippen LogP contribution in [0.3, 0.4) is 0 Å². The number of aliphatic carboxylic acids is 1. The minimum Gasteiger partial charge on any atom is -0.475 e. The Balaban J connectivity index is 0.000000616. The van der Waals surface area contributed by atoms with Crippen LogP contribution in [-0.2, 0) is 23.3 Å². The van der Waals surface area contributed by atoms with Gasteiger partial charge in [0.25, 0.3) is 5.91 Å². The van der Waals surface area contributed by atoms with Crippen LogP contribution < -0.4 is 5.32 Å². The van der Waals surface area contributed by atoms with Gasteiger partial charge in [0.1, 0.15) is 5.82 Å². The van der Waals surface area contributed by atoms with Gasteiger partial charge in [-0.25, -0.2) is 9.18 Å². The Hall–Kier alpha value is -3.76. The highest BCUT2D eigenvalue weighted by Gasteiger charge is 2.38. The number of anilines is 1. The highest BCUT2D eigenvalue weighted by Crippen LogP contribution is 2.24. The highest BCUT2D eigenvalue weighted by atomic mass is 19.4. The van der Waals surface area contributed by atoms with Crippen LogP contribution in [0.4, 0.5) is 23.2 Å². The molecule has 42 heavy (non-hydrogen) atoms. The number of nitrogens with zero attached hydrogens (tertiary/aromatic N) is 2. The SMILES string of the molecule is CC(C)(C)c1ccc(NC(=O)c2ccc(CN3CCCN(Cc4ccc(F)cc4)CC3)cc2)cc1.O=C(O)C(F)(F)F. The Morgan fingerprint density at radius 1 is 0.762 bits per heavy atom. The van der Waals surface area contributed by atoms with Crippen LogP contribution in [0, 0.1) is 5.82 Å². The molecule has 0 unspecified atom stereocenters. The molecule has 0 bridgehead atoms. The molecule has 3 aromatic carbocycles. The van der Waals surface area contributed by atoms with Crippen molar-refractivity contribution < 1.29 is 32.3 Å². The molecule has 1 heterocycles. The van der Waals surface area contributed by atoms with Gasteiger partial charge in [-0.1, -0.05) is 57.2 Å². The monoisotopic (exact) mass is 587 g/mol. The van der Waals surface area contributed by atoms with Crippen LogP contribution in [0.2, 0.25) is 0 Å². The molecule has 1 aliphatic rings. The van der Waals surface area contributed by atoms with E-state index in [-0.39, 0.29) is 17.1 Å². The quantitative estimate of drug-likeness (QED) is 0.314. The zero-order valence-corrected chi connectivity index (χ0v) is 24.0. The Morgan fingerprint density at radius 2 is 1.21 bits per heavy atom. The lowest BCUT2D eigenvalue weighted by Crippen LogP contribution is -2.30. The van der Waals surface area contributed by atoms with E-state index in [2.05, 4.69) is 60.2 Å². The molecule has 1 saturated heterocycles. The number of carbonyl (C=O) groups excluding carboxylic acids is 1. The lowest BCUT2D eigenvalue weighted by molar-refractivity contribution is -0.192. The molecule has 0 spiro atoms. The first-order valence-corrected chi connectivity index (χ1v) is 13.7. The molecular formula is C32H37F4N3O3. The molecular weight excluding hydrogens is 550 g/mol. The average Bonchev–Trinajstić information content (AvgIpc) is 3.15. The number of carboxylic acid groups (broad SMARTS) is 1. The number of halogens is 4. The van der Waals surface area contributed by atoms with E-state index in [1.54, 1.807) is 0 Å². The Bertz CT molecular complexity index is 1300. The average molecular weight is 588 g/mol. The van der Waals surface area contributed by atoms with Crippen LogP contribution in [0.25, 0.3) is 0 Å². The second-order valence-electron chi connectivity index (χ2n) is 11.3. The van der Waals surface area contributed by atoms with Gasteiger partial charge in [0, 0.05) is 37.4 Å². The number of nitrogens with one attached hydrogen (secondary N) is 1. The first kappa shape index (κ1) is 32.8. The van der Waals surface area contributed by atoms with Gasteiger partial charge in [-0.2, -0.15) is 13.2 Å². The van der Waals surface area contributed by atoms with E-state index in [0.717, 1.165) is 56.9 Å². The summed E-state index contributed by atoms with van der Waals surface area (Å²) in [4.78, 5) is 26.5. The summed E-state index contributed by atoms with van der Waals surface area (Å²) in [5.74, 6) is -3.03. The van der Waals surface area contributed by atoms with Crippen LogP contribution in [0.5, 0.6) is 0 Å². The van der Waals surface area contributed by atoms with Crippen LogP contribution >= 0.6 is 0 Å². The number of carboxylic acids is 1. The fraction of sp³-hybridized carbons (Fsp3) is 0.375. The smallest absolute Gasteiger partial charge is 0.475 e. The van der Waals surface area contributed by atoms with Crippen molar-refractivity contribution in [2.24, 2.45) is 0 Å². The largest absolute Gasteiger partial charge is 0.490 e. The van der Waals surface area contributed by atoms with E-state index in [0.29, 0.717) is 5.56 Å². The number of amides is 1. The molecule has 0 aromatic heterocycles.